The number of amides is 2. The van der Waals surface area contributed by atoms with Crippen molar-refractivity contribution in [3.63, 3.8) is 0 Å². The molecule has 0 saturated carbocycles. The summed E-state index contributed by atoms with van der Waals surface area (Å²) in [5, 5.41) is 3.51. The van der Waals surface area contributed by atoms with Crippen molar-refractivity contribution in [3.8, 4) is 0 Å². The fourth-order valence-corrected chi connectivity index (χ4v) is 6.34. The van der Waals surface area contributed by atoms with Crippen LogP contribution < -0.4 is 9.62 Å². The number of aryl methyl sites for hydroxylation is 1. The molecule has 0 spiro atoms. The number of hydrogen-bond acceptors (Lipinski definition) is 4. The summed E-state index contributed by atoms with van der Waals surface area (Å²) in [6.07, 6.45) is 0. The summed E-state index contributed by atoms with van der Waals surface area (Å²) >= 11 is 25.5. The highest BCUT2D eigenvalue weighted by Crippen LogP contribution is 2.36. The number of benzene rings is 3. The molecule has 0 heterocycles. The third-order valence-electron chi connectivity index (χ3n) is 6.14. The highest BCUT2D eigenvalue weighted by Gasteiger charge is 2.35. The quantitative estimate of drug-likeness (QED) is 0.265. The van der Waals surface area contributed by atoms with Crippen LogP contribution >= 0.6 is 46.4 Å². The van der Waals surface area contributed by atoms with Crippen molar-refractivity contribution in [2.45, 2.75) is 57.6 Å². The van der Waals surface area contributed by atoms with Crippen LogP contribution in [0.1, 0.15) is 38.8 Å². The molecule has 7 nitrogen and oxygen atoms in total. The summed E-state index contributed by atoms with van der Waals surface area (Å²) in [5.74, 6) is -1.13. The molecule has 0 fully saturated rings. The molecule has 0 aliphatic carbocycles. The highest BCUT2D eigenvalue weighted by molar-refractivity contribution is 7.92. The molecule has 0 aliphatic heterocycles. The maximum Gasteiger partial charge on any atom is 0.264 e. The normalized spacial score (nSPS) is 12.5. The lowest BCUT2D eigenvalue weighted by Crippen LogP contribution is -2.54. The first kappa shape index (κ1) is 33.0. The van der Waals surface area contributed by atoms with Crippen molar-refractivity contribution in [3.05, 3.63) is 91.9 Å². The van der Waals surface area contributed by atoms with Gasteiger partial charge < -0.3 is 10.2 Å². The highest BCUT2D eigenvalue weighted by atomic mass is 35.5. The predicted octanol–water partition coefficient (Wildman–Crippen LogP) is 7.14. The molecule has 1 atom stereocenters. The minimum absolute atomic E-state index is 0.00983. The maximum absolute atomic E-state index is 14.1. The zero-order chi connectivity index (χ0) is 30.7. The van der Waals surface area contributed by atoms with Gasteiger partial charge in [-0.2, -0.15) is 0 Å². The third kappa shape index (κ3) is 8.08. The van der Waals surface area contributed by atoms with Crippen LogP contribution in [-0.4, -0.2) is 43.3 Å². The number of halogens is 4. The van der Waals surface area contributed by atoms with E-state index >= 15 is 0 Å². The molecule has 3 aromatic rings. The predicted molar refractivity (Wildman–Crippen MR) is 167 cm³/mol. The first-order chi connectivity index (χ1) is 19.0. The van der Waals surface area contributed by atoms with Gasteiger partial charge in [-0.15, -0.1) is 0 Å². The average molecular weight is 659 g/mol. The summed E-state index contributed by atoms with van der Waals surface area (Å²) in [5.41, 5.74) is 0.690. The number of nitrogens with one attached hydrogen (secondary N) is 1. The first-order valence-corrected chi connectivity index (χ1v) is 15.6. The Bertz CT molecular complexity index is 1520. The second kappa shape index (κ2) is 13.2. The molecule has 12 heteroatoms. The van der Waals surface area contributed by atoms with Crippen LogP contribution in [0.15, 0.2) is 65.6 Å². The Hall–Kier alpha value is -2.49. The van der Waals surface area contributed by atoms with Crippen molar-refractivity contribution >= 4 is 73.9 Å². The molecule has 220 valence electrons. The van der Waals surface area contributed by atoms with Crippen LogP contribution in [-0.2, 0) is 26.2 Å². The molecule has 3 rings (SSSR count). The lowest BCUT2D eigenvalue weighted by Gasteiger charge is -2.34. The molecule has 41 heavy (non-hydrogen) atoms. The van der Waals surface area contributed by atoms with Crippen LogP contribution in [0.3, 0.4) is 0 Å². The monoisotopic (exact) mass is 657 g/mol. The first-order valence-electron chi connectivity index (χ1n) is 12.6. The Balaban J connectivity index is 2.12. The van der Waals surface area contributed by atoms with Gasteiger partial charge in [0.1, 0.15) is 12.6 Å². The summed E-state index contributed by atoms with van der Waals surface area (Å²) in [4.78, 5) is 28.5. The fraction of sp³-hybridized carbons (Fsp3) is 0.310. The molecule has 2 amide bonds. The van der Waals surface area contributed by atoms with Crippen LogP contribution in [0.25, 0.3) is 0 Å². The number of rotatable bonds is 9. The van der Waals surface area contributed by atoms with Gasteiger partial charge in [0.2, 0.25) is 11.8 Å². The molecule has 0 aromatic heterocycles. The van der Waals surface area contributed by atoms with Crippen molar-refractivity contribution in [1.82, 2.24) is 10.2 Å². The van der Waals surface area contributed by atoms with Crippen molar-refractivity contribution < 1.29 is 18.0 Å². The summed E-state index contributed by atoms with van der Waals surface area (Å²) in [7, 11) is -4.31. The van der Waals surface area contributed by atoms with E-state index in [-0.39, 0.29) is 27.2 Å². The minimum Gasteiger partial charge on any atom is -0.350 e. The van der Waals surface area contributed by atoms with E-state index in [4.69, 9.17) is 46.4 Å². The van der Waals surface area contributed by atoms with Gasteiger partial charge in [0.15, 0.2) is 0 Å². The largest absolute Gasteiger partial charge is 0.350 e. The van der Waals surface area contributed by atoms with Crippen LogP contribution in [0, 0.1) is 6.92 Å². The number of anilines is 1. The summed E-state index contributed by atoms with van der Waals surface area (Å²) in [6.45, 7) is 7.97. The van der Waals surface area contributed by atoms with Gasteiger partial charge in [0.25, 0.3) is 10.0 Å². The zero-order valence-electron chi connectivity index (χ0n) is 23.2. The van der Waals surface area contributed by atoms with E-state index < -0.39 is 40.0 Å². The smallest absolute Gasteiger partial charge is 0.264 e. The summed E-state index contributed by atoms with van der Waals surface area (Å²) in [6, 6.07) is 14.6. The van der Waals surface area contributed by atoms with Gasteiger partial charge in [-0.1, -0.05) is 76.2 Å². The molecular formula is C29H31Cl4N3O4S. The van der Waals surface area contributed by atoms with Gasteiger partial charge in [-0.3, -0.25) is 13.9 Å². The zero-order valence-corrected chi connectivity index (χ0v) is 27.1. The minimum atomic E-state index is -4.31. The number of carbonyl (C=O) groups excluding carboxylic acids is 2. The third-order valence-corrected chi connectivity index (χ3v) is 9.43. The van der Waals surface area contributed by atoms with Gasteiger partial charge >= 0.3 is 0 Å². The second-order valence-electron chi connectivity index (χ2n) is 10.5. The van der Waals surface area contributed by atoms with Gasteiger partial charge in [-0.05, 0) is 71.0 Å². The number of sulfonamides is 1. The number of carbonyl (C=O) groups is 2. The van der Waals surface area contributed by atoms with Gasteiger partial charge in [-0.25, -0.2) is 8.42 Å². The maximum atomic E-state index is 14.1. The summed E-state index contributed by atoms with van der Waals surface area (Å²) < 4.78 is 28.8. The van der Waals surface area contributed by atoms with Gasteiger partial charge in [0, 0.05) is 27.7 Å². The van der Waals surface area contributed by atoms with E-state index in [0.717, 1.165) is 9.87 Å². The molecule has 0 saturated heterocycles. The van der Waals surface area contributed by atoms with Gasteiger partial charge in [0.05, 0.1) is 20.6 Å². The topological polar surface area (TPSA) is 86.8 Å². The molecular weight excluding hydrogens is 628 g/mol. The second-order valence-corrected chi connectivity index (χ2v) is 14.0. The fourth-order valence-electron chi connectivity index (χ4n) is 3.95. The van der Waals surface area contributed by atoms with E-state index in [2.05, 4.69) is 5.32 Å². The van der Waals surface area contributed by atoms with E-state index in [1.165, 1.54) is 35.2 Å². The van der Waals surface area contributed by atoms with E-state index in [1.807, 2.05) is 27.7 Å². The SMILES string of the molecule is Cc1ccc(S(=O)(=O)N(CC(=O)N(Cc2c(Cl)cccc2Cl)C(C)C(=O)NC(C)(C)C)c2cccc(Cl)c2Cl)cc1. The Morgan fingerprint density at radius 3 is 1.98 bits per heavy atom. The van der Waals surface area contributed by atoms with Crippen LogP contribution in [0.2, 0.25) is 20.1 Å². The Kier molecular flexibility index (Phi) is 10.6. The molecule has 3 aromatic carbocycles. The molecule has 0 radical (unpaired) electrons. The molecule has 1 N–H and O–H groups in total. The molecule has 0 aliphatic rings. The molecule has 0 bridgehead atoms. The lowest BCUT2D eigenvalue weighted by molar-refractivity contribution is -0.140. The van der Waals surface area contributed by atoms with Crippen LogP contribution in [0.5, 0.6) is 0 Å². The Morgan fingerprint density at radius 2 is 1.41 bits per heavy atom. The Morgan fingerprint density at radius 1 is 0.878 bits per heavy atom. The molecule has 1 unspecified atom stereocenters. The average Bonchev–Trinajstić information content (AvgIpc) is 2.87. The number of nitrogens with zero attached hydrogens (tertiary/aromatic N) is 2. The Labute approximate surface area is 261 Å². The standard InChI is InChI=1S/C29H31Cl4N3O4S/c1-18-12-14-20(15-13-18)41(39,40)36(25-11-7-10-24(32)27(25)33)17-26(37)35(19(2)28(38)34-29(3,4)5)16-21-22(30)8-6-9-23(21)31/h6-15,19H,16-17H2,1-5H3,(H,34,38). The van der Waals surface area contributed by atoms with E-state index in [9.17, 15) is 18.0 Å². The van der Waals surface area contributed by atoms with Crippen LogP contribution in [0.4, 0.5) is 5.69 Å². The van der Waals surface area contributed by atoms with Crippen molar-refractivity contribution in [2.24, 2.45) is 0 Å². The van der Waals surface area contributed by atoms with E-state index in [1.54, 1.807) is 37.3 Å². The van der Waals surface area contributed by atoms with E-state index in [0.29, 0.717) is 15.6 Å². The van der Waals surface area contributed by atoms with Crippen molar-refractivity contribution in [1.29, 1.82) is 0 Å². The van der Waals surface area contributed by atoms with Crippen molar-refractivity contribution in [2.75, 3.05) is 10.8 Å². The lowest BCUT2D eigenvalue weighted by atomic mass is 10.1. The number of hydrogen-bond donors (Lipinski definition) is 1.